The van der Waals surface area contributed by atoms with Crippen LogP contribution in [0.5, 0.6) is 5.75 Å². The molecule has 0 aliphatic heterocycles. The number of para-hydroxylation sites is 1. The van der Waals surface area contributed by atoms with Crippen LogP contribution in [0.3, 0.4) is 0 Å². The smallest absolute Gasteiger partial charge is 0.126 e. The van der Waals surface area contributed by atoms with E-state index in [0.717, 1.165) is 16.9 Å². The van der Waals surface area contributed by atoms with E-state index in [2.05, 4.69) is 6.07 Å². The van der Waals surface area contributed by atoms with Crippen molar-refractivity contribution in [2.24, 2.45) is 0 Å². The van der Waals surface area contributed by atoms with Crippen molar-refractivity contribution in [2.45, 2.75) is 19.8 Å². The summed E-state index contributed by atoms with van der Waals surface area (Å²) in [6.07, 6.45) is 0. The van der Waals surface area contributed by atoms with Crippen LogP contribution in [0, 0.1) is 18.3 Å². The van der Waals surface area contributed by atoms with Crippen molar-refractivity contribution in [3.05, 3.63) is 29.3 Å². The van der Waals surface area contributed by atoms with Crippen LogP contribution in [-0.4, -0.2) is 7.11 Å². The summed E-state index contributed by atoms with van der Waals surface area (Å²) in [5.41, 5.74) is 2.03. The lowest BCUT2D eigenvalue weighted by Crippen LogP contribution is -1.97. The van der Waals surface area contributed by atoms with Crippen LogP contribution in [0.15, 0.2) is 18.2 Å². The maximum absolute atomic E-state index is 8.79. The molecule has 1 aromatic carbocycles. The fourth-order valence-electron chi connectivity index (χ4n) is 1.36. The van der Waals surface area contributed by atoms with Gasteiger partial charge in [0.15, 0.2) is 0 Å². The lowest BCUT2D eigenvalue weighted by Gasteiger charge is -2.11. The molecule has 0 radical (unpaired) electrons. The standard InChI is InChI=1S/C11H13NO/c1-8-5-4-6-10(9(2)7-12)11(8)13-3/h4-6,9H,1-3H3. The van der Waals surface area contributed by atoms with Crippen molar-refractivity contribution in [3.8, 4) is 11.8 Å². The highest BCUT2D eigenvalue weighted by Gasteiger charge is 2.11. The first-order valence-electron chi connectivity index (χ1n) is 4.23. The molecule has 13 heavy (non-hydrogen) atoms. The van der Waals surface area contributed by atoms with Gasteiger partial charge in [0.2, 0.25) is 0 Å². The first kappa shape index (κ1) is 9.60. The number of nitriles is 1. The second-order valence-electron chi connectivity index (χ2n) is 3.05. The average molecular weight is 175 g/mol. The fraction of sp³-hybridized carbons (Fsp3) is 0.364. The predicted molar refractivity (Wildman–Crippen MR) is 51.8 cm³/mol. The van der Waals surface area contributed by atoms with Gasteiger partial charge in [0, 0.05) is 5.56 Å². The second-order valence-corrected chi connectivity index (χ2v) is 3.05. The first-order valence-corrected chi connectivity index (χ1v) is 4.23. The Labute approximate surface area is 78.8 Å². The lowest BCUT2D eigenvalue weighted by atomic mass is 9.99. The Kier molecular flexibility index (Phi) is 2.92. The average Bonchev–Trinajstić information content (AvgIpc) is 2.16. The van der Waals surface area contributed by atoms with Crippen LogP contribution >= 0.6 is 0 Å². The molecule has 0 heterocycles. The van der Waals surface area contributed by atoms with Crippen molar-refractivity contribution < 1.29 is 4.74 Å². The van der Waals surface area contributed by atoms with Gasteiger partial charge in [-0.05, 0) is 19.4 Å². The summed E-state index contributed by atoms with van der Waals surface area (Å²) < 4.78 is 5.25. The minimum atomic E-state index is -0.116. The summed E-state index contributed by atoms with van der Waals surface area (Å²) in [4.78, 5) is 0. The quantitative estimate of drug-likeness (QED) is 0.692. The van der Waals surface area contributed by atoms with Gasteiger partial charge in [-0.1, -0.05) is 18.2 Å². The largest absolute Gasteiger partial charge is 0.496 e. The van der Waals surface area contributed by atoms with E-state index >= 15 is 0 Å². The molecule has 0 amide bonds. The molecule has 0 aromatic heterocycles. The van der Waals surface area contributed by atoms with Gasteiger partial charge in [0.25, 0.3) is 0 Å². The minimum Gasteiger partial charge on any atom is -0.496 e. The summed E-state index contributed by atoms with van der Waals surface area (Å²) in [7, 11) is 1.63. The normalized spacial score (nSPS) is 11.8. The summed E-state index contributed by atoms with van der Waals surface area (Å²) in [6, 6.07) is 8.06. The van der Waals surface area contributed by atoms with Crippen LogP contribution in [0.4, 0.5) is 0 Å². The van der Waals surface area contributed by atoms with Crippen molar-refractivity contribution in [2.75, 3.05) is 7.11 Å². The monoisotopic (exact) mass is 175 g/mol. The molecule has 68 valence electrons. The van der Waals surface area contributed by atoms with Crippen molar-refractivity contribution in [1.82, 2.24) is 0 Å². The minimum absolute atomic E-state index is 0.116. The van der Waals surface area contributed by atoms with Crippen LogP contribution in [-0.2, 0) is 0 Å². The van der Waals surface area contributed by atoms with E-state index in [1.54, 1.807) is 7.11 Å². The number of hydrogen-bond acceptors (Lipinski definition) is 2. The van der Waals surface area contributed by atoms with Crippen LogP contribution in [0.25, 0.3) is 0 Å². The molecular formula is C11H13NO. The van der Waals surface area contributed by atoms with E-state index in [4.69, 9.17) is 10.00 Å². The highest BCUT2D eigenvalue weighted by molar-refractivity contribution is 5.44. The number of ether oxygens (including phenoxy) is 1. The van der Waals surface area contributed by atoms with Crippen molar-refractivity contribution >= 4 is 0 Å². The van der Waals surface area contributed by atoms with Gasteiger partial charge in [-0.2, -0.15) is 5.26 Å². The first-order chi connectivity index (χ1) is 6.20. The van der Waals surface area contributed by atoms with Gasteiger partial charge < -0.3 is 4.74 Å². The van der Waals surface area contributed by atoms with Crippen LogP contribution in [0.1, 0.15) is 24.0 Å². The zero-order valence-corrected chi connectivity index (χ0v) is 8.16. The second kappa shape index (κ2) is 3.95. The molecule has 2 heteroatoms. The number of rotatable bonds is 2. The molecule has 0 fully saturated rings. The van der Waals surface area contributed by atoms with E-state index in [-0.39, 0.29) is 5.92 Å². The van der Waals surface area contributed by atoms with Gasteiger partial charge in [0.1, 0.15) is 5.75 Å². The number of methoxy groups -OCH3 is 1. The number of nitrogens with zero attached hydrogens (tertiary/aromatic N) is 1. The molecule has 0 spiro atoms. The molecule has 0 saturated carbocycles. The maximum atomic E-state index is 8.79. The maximum Gasteiger partial charge on any atom is 0.126 e. The summed E-state index contributed by atoms with van der Waals surface area (Å²) in [5, 5.41) is 8.79. The third kappa shape index (κ3) is 1.81. The highest BCUT2D eigenvalue weighted by atomic mass is 16.5. The van der Waals surface area contributed by atoms with Crippen LogP contribution in [0.2, 0.25) is 0 Å². The number of hydrogen-bond donors (Lipinski definition) is 0. The predicted octanol–water partition coefficient (Wildman–Crippen LogP) is 2.63. The number of aryl methyl sites for hydroxylation is 1. The molecule has 0 bridgehead atoms. The van der Waals surface area contributed by atoms with Gasteiger partial charge in [-0.3, -0.25) is 0 Å². The third-order valence-corrected chi connectivity index (χ3v) is 2.11. The van der Waals surface area contributed by atoms with Gasteiger partial charge in [-0.15, -0.1) is 0 Å². The zero-order chi connectivity index (χ0) is 9.84. The van der Waals surface area contributed by atoms with Gasteiger partial charge in [-0.25, -0.2) is 0 Å². The summed E-state index contributed by atoms with van der Waals surface area (Å²) >= 11 is 0. The van der Waals surface area contributed by atoms with E-state index in [0.29, 0.717) is 0 Å². The Bertz CT molecular complexity index is 338. The van der Waals surface area contributed by atoms with Crippen molar-refractivity contribution in [1.29, 1.82) is 5.26 Å². The Morgan fingerprint density at radius 2 is 2.15 bits per heavy atom. The summed E-state index contributed by atoms with van der Waals surface area (Å²) in [5.74, 6) is 0.714. The van der Waals surface area contributed by atoms with E-state index in [9.17, 15) is 0 Å². The fourth-order valence-corrected chi connectivity index (χ4v) is 1.36. The Morgan fingerprint density at radius 1 is 1.46 bits per heavy atom. The molecule has 0 aliphatic carbocycles. The molecule has 0 aliphatic rings. The van der Waals surface area contributed by atoms with Crippen LogP contribution < -0.4 is 4.74 Å². The lowest BCUT2D eigenvalue weighted by molar-refractivity contribution is 0.406. The molecule has 1 aromatic rings. The Morgan fingerprint density at radius 3 is 2.69 bits per heavy atom. The third-order valence-electron chi connectivity index (χ3n) is 2.11. The molecular weight excluding hydrogens is 162 g/mol. The molecule has 2 nitrogen and oxygen atoms in total. The number of benzene rings is 1. The topological polar surface area (TPSA) is 33.0 Å². The molecule has 1 atom stereocenters. The van der Waals surface area contributed by atoms with Crippen molar-refractivity contribution in [3.63, 3.8) is 0 Å². The Balaban J connectivity index is 3.21. The molecule has 1 unspecified atom stereocenters. The molecule has 1 rings (SSSR count). The van der Waals surface area contributed by atoms with Gasteiger partial charge in [0.05, 0.1) is 19.1 Å². The highest BCUT2D eigenvalue weighted by Crippen LogP contribution is 2.28. The molecule has 0 N–H and O–H groups in total. The Hall–Kier alpha value is -1.49. The van der Waals surface area contributed by atoms with E-state index in [1.165, 1.54) is 0 Å². The molecule has 0 saturated heterocycles. The van der Waals surface area contributed by atoms with E-state index in [1.807, 2.05) is 32.0 Å². The van der Waals surface area contributed by atoms with Gasteiger partial charge >= 0.3 is 0 Å². The zero-order valence-electron chi connectivity index (χ0n) is 8.16. The summed E-state index contributed by atoms with van der Waals surface area (Å²) in [6.45, 7) is 3.85. The SMILES string of the molecule is COc1c(C)cccc1C(C)C#N. The van der Waals surface area contributed by atoms with E-state index < -0.39 is 0 Å².